The zero-order valence-electron chi connectivity index (χ0n) is 12.0. The molecule has 106 valence electrons. The SMILES string of the molecule is CCNC(c1cc(C)cc(C)c1)c1ccc(Cl)c(Cl)c1. The smallest absolute Gasteiger partial charge is 0.0595 e. The van der Waals surface area contributed by atoms with Crippen LogP contribution >= 0.6 is 23.2 Å². The van der Waals surface area contributed by atoms with Gasteiger partial charge in [0.15, 0.2) is 0 Å². The van der Waals surface area contributed by atoms with Crippen LogP contribution in [-0.4, -0.2) is 6.54 Å². The molecule has 2 aromatic rings. The van der Waals surface area contributed by atoms with Crippen molar-refractivity contribution in [3.8, 4) is 0 Å². The van der Waals surface area contributed by atoms with E-state index in [2.05, 4.69) is 44.3 Å². The van der Waals surface area contributed by atoms with Crippen molar-refractivity contribution < 1.29 is 0 Å². The van der Waals surface area contributed by atoms with Crippen molar-refractivity contribution in [2.24, 2.45) is 0 Å². The second kappa shape index (κ2) is 6.62. The fraction of sp³-hybridized carbons (Fsp3) is 0.294. The molecule has 0 aliphatic rings. The summed E-state index contributed by atoms with van der Waals surface area (Å²) >= 11 is 12.2. The molecule has 0 fully saturated rings. The highest BCUT2D eigenvalue weighted by Gasteiger charge is 2.14. The van der Waals surface area contributed by atoms with Gasteiger partial charge in [-0.15, -0.1) is 0 Å². The first-order chi connectivity index (χ1) is 9.51. The quantitative estimate of drug-likeness (QED) is 0.807. The summed E-state index contributed by atoms with van der Waals surface area (Å²) in [6.45, 7) is 7.23. The molecule has 0 aliphatic carbocycles. The van der Waals surface area contributed by atoms with E-state index in [4.69, 9.17) is 23.2 Å². The highest BCUT2D eigenvalue weighted by molar-refractivity contribution is 6.42. The monoisotopic (exact) mass is 307 g/mol. The van der Waals surface area contributed by atoms with E-state index < -0.39 is 0 Å². The highest BCUT2D eigenvalue weighted by Crippen LogP contribution is 2.29. The number of hydrogen-bond donors (Lipinski definition) is 1. The molecule has 0 radical (unpaired) electrons. The second-order valence-electron chi connectivity index (χ2n) is 5.09. The van der Waals surface area contributed by atoms with Crippen LogP contribution in [0.3, 0.4) is 0 Å². The molecule has 0 spiro atoms. The van der Waals surface area contributed by atoms with Crippen LogP contribution in [0.25, 0.3) is 0 Å². The van der Waals surface area contributed by atoms with Crippen LogP contribution in [-0.2, 0) is 0 Å². The third kappa shape index (κ3) is 3.54. The fourth-order valence-electron chi connectivity index (χ4n) is 2.50. The van der Waals surface area contributed by atoms with Gasteiger partial charge in [0.1, 0.15) is 0 Å². The molecule has 0 amide bonds. The maximum absolute atomic E-state index is 6.15. The zero-order valence-corrected chi connectivity index (χ0v) is 13.5. The van der Waals surface area contributed by atoms with Crippen LogP contribution in [0.2, 0.25) is 10.0 Å². The summed E-state index contributed by atoms with van der Waals surface area (Å²) in [5.41, 5.74) is 4.92. The Morgan fingerprint density at radius 1 is 0.900 bits per heavy atom. The van der Waals surface area contributed by atoms with Crippen LogP contribution in [0.1, 0.15) is 35.2 Å². The first-order valence-corrected chi connectivity index (χ1v) is 7.53. The van der Waals surface area contributed by atoms with Gasteiger partial charge in [-0.2, -0.15) is 0 Å². The summed E-state index contributed by atoms with van der Waals surface area (Å²) in [6, 6.07) is 12.6. The summed E-state index contributed by atoms with van der Waals surface area (Å²) in [4.78, 5) is 0. The van der Waals surface area contributed by atoms with Crippen molar-refractivity contribution >= 4 is 23.2 Å². The van der Waals surface area contributed by atoms with Gasteiger partial charge in [0.05, 0.1) is 16.1 Å². The lowest BCUT2D eigenvalue weighted by molar-refractivity contribution is 0.630. The van der Waals surface area contributed by atoms with E-state index >= 15 is 0 Å². The average Bonchev–Trinajstić information content (AvgIpc) is 2.38. The Bertz CT molecular complexity index is 588. The van der Waals surface area contributed by atoms with E-state index in [1.54, 1.807) is 0 Å². The molecule has 3 heteroatoms. The van der Waals surface area contributed by atoms with E-state index in [0.29, 0.717) is 10.0 Å². The lowest BCUT2D eigenvalue weighted by Crippen LogP contribution is -2.22. The maximum atomic E-state index is 6.15. The van der Waals surface area contributed by atoms with Gasteiger partial charge in [0, 0.05) is 0 Å². The molecule has 0 bridgehead atoms. The lowest BCUT2D eigenvalue weighted by Gasteiger charge is -2.20. The topological polar surface area (TPSA) is 12.0 Å². The Labute approximate surface area is 130 Å². The molecule has 1 unspecified atom stereocenters. The summed E-state index contributed by atoms with van der Waals surface area (Å²) in [5.74, 6) is 0. The van der Waals surface area contributed by atoms with Crippen LogP contribution in [0.15, 0.2) is 36.4 Å². The largest absolute Gasteiger partial charge is 0.307 e. The molecule has 0 heterocycles. The molecular weight excluding hydrogens is 289 g/mol. The standard InChI is InChI=1S/C17H19Cl2N/c1-4-20-17(13-5-6-15(18)16(19)10-13)14-8-11(2)7-12(3)9-14/h5-10,17,20H,4H2,1-3H3. The number of aryl methyl sites for hydroxylation is 2. The van der Waals surface area contributed by atoms with Gasteiger partial charge in [-0.05, 0) is 43.7 Å². The average molecular weight is 308 g/mol. The van der Waals surface area contributed by atoms with Crippen molar-refractivity contribution in [2.75, 3.05) is 6.54 Å². The predicted octanol–water partition coefficient (Wildman–Crippen LogP) is 5.31. The molecule has 0 saturated heterocycles. The molecule has 0 aliphatic heterocycles. The molecule has 1 nitrogen and oxygen atoms in total. The number of benzene rings is 2. The van der Waals surface area contributed by atoms with E-state index in [9.17, 15) is 0 Å². The lowest BCUT2D eigenvalue weighted by atomic mass is 9.95. The molecule has 2 aromatic carbocycles. The van der Waals surface area contributed by atoms with Gasteiger partial charge in [0.25, 0.3) is 0 Å². The summed E-state index contributed by atoms with van der Waals surface area (Å²) in [6.07, 6.45) is 0. The van der Waals surface area contributed by atoms with Crippen molar-refractivity contribution in [3.63, 3.8) is 0 Å². The van der Waals surface area contributed by atoms with Crippen LogP contribution in [0, 0.1) is 13.8 Å². The predicted molar refractivity (Wildman–Crippen MR) is 87.9 cm³/mol. The Hall–Kier alpha value is -1.02. The number of rotatable bonds is 4. The van der Waals surface area contributed by atoms with Gasteiger partial charge < -0.3 is 5.32 Å². The third-order valence-corrected chi connectivity index (χ3v) is 4.00. The molecule has 2 rings (SSSR count). The van der Waals surface area contributed by atoms with E-state index in [1.165, 1.54) is 16.7 Å². The highest BCUT2D eigenvalue weighted by atomic mass is 35.5. The van der Waals surface area contributed by atoms with Crippen molar-refractivity contribution in [3.05, 3.63) is 68.7 Å². The summed E-state index contributed by atoms with van der Waals surface area (Å²) in [7, 11) is 0. The Morgan fingerprint density at radius 2 is 1.55 bits per heavy atom. The Morgan fingerprint density at radius 3 is 2.10 bits per heavy atom. The first-order valence-electron chi connectivity index (χ1n) is 6.77. The van der Waals surface area contributed by atoms with E-state index in [-0.39, 0.29) is 6.04 Å². The molecule has 1 atom stereocenters. The van der Waals surface area contributed by atoms with E-state index in [0.717, 1.165) is 12.1 Å². The van der Waals surface area contributed by atoms with Gasteiger partial charge in [-0.3, -0.25) is 0 Å². The Balaban J connectivity index is 2.46. The van der Waals surface area contributed by atoms with Crippen LogP contribution in [0.5, 0.6) is 0 Å². The maximum Gasteiger partial charge on any atom is 0.0595 e. The molecule has 20 heavy (non-hydrogen) atoms. The first kappa shape index (κ1) is 15.4. The van der Waals surface area contributed by atoms with Gasteiger partial charge in [0.2, 0.25) is 0 Å². The molecule has 0 saturated carbocycles. The normalized spacial score (nSPS) is 12.4. The van der Waals surface area contributed by atoms with Crippen molar-refractivity contribution in [2.45, 2.75) is 26.8 Å². The minimum Gasteiger partial charge on any atom is -0.307 e. The number of hydrogen-bond acceptors (Lipinski definition) is 1. The fourth-order valence-corrected chi connectivity index (χ4v) is 2.81. The summed E-state index contributed by atoms with van der Waals surface area (Å²) < 4.78 is 0. The minimum atomic E-state index is 0.133. The number of halogens is 2. The van der Waals surface area contributed by atoms with Gasteiger partial charge in [-0.25, -0.2) is 0 Å². The van der Waals surface area contributed by atoms with Crippen molar-refractivity contribution in [1.82, 2.24) is 5.32 Å². The Kier molecular flexibility index (Phi) is 5.09. The van der Waals surface area contributed by atoms with Crippen LogP contribution < -0.4 is 5.32 Å². The molecule has 0 aromatic heterocycles. The second-order valence-corrected chi connectivity index (χ2v) is 5.90. The van der Waals surface area contributed by atoms with Gasteiger partial charge >= 0.3 is 0 Å². The zero-order chi connectivity index (χ0) is 14.7. The third-order valence-electron chi connectivity index (χ3n) is 3.26. The summed E-state index contributed by atoms with van der Waals surface area (Å²) in [5, 5.41) is 4.70. The molecular formula is C17H19Cl2N. The van der Waals surface area contributed by atoms with Crippen molar-refractivity contribution in [1.29, 1.82) is 0 Å². The van der Waals surface area contributed by atoms with E-state index in [1.807, 2.05) is 18.2 Å². The minimum absolute atomic E-state index is 0.133. The number of nitrogens with one attached hydrogen (secondary N) is 1. The van der Waals surface area contributed by atoms with Crippen LogP contribution in [0.4, 0.5) is 0 Å². The van der Waals surface area contributed by atoms with Gasteiger partial charge in [-0.1, -0.05) is 65.5 Å². The molecule has 1 N–H and O–H groups in total.